The molecule has 1 amide bonds. The van der Waals surface area contributed by atoms with Crippen LogP contribution in [0.1, 0.15) is 17.5 Å². The molecule has 5 nitrogen and oxygen atoms in total. The maximum Gasteiger partial charge on any atom is 0.227 e. The van der Waals surface area contributed by atoms with Crippen LogP contribution in [0, 0.1) is 0 Å². The van der Waals surface area contributed by atoms with Gasteiger partial charge >= 0.3 is 0 Å². The maximum atomic E-state index is 12.4. The summed E-state index contributed by atoms with van der Waals surface area (Å²) in [7, 11) is 3.29. The fraction of sp³-hybridized carbons (Fsp3) is 0.562. The zero-order valence-corrected chi connectivity index (χ0v) is 12.6. The number of methoxy groups -OCH3 is 2. The molecule has 1 fully saturated rings. The summed E-state index contributed by atoms with van der Waals surface area (Å²) in [4.78, 5) is 14.2. The van der Waals surface area contributed by atoms with Crippen LogP contribution in [0.15, 0.2) is 24.3 Å². The molecule has 1 aliphatic rings. The largest absolute Gasteiger partial charge is 0.394 e. The van der Waals surface area contributed by atoms with E-state index in [1.54, 1.807) is 19.1 Å². The van der Waals surface area contributed by atoms with Gasteiger partial charge in [0.25, 0.3) is 0 Å². The molecule has 0 aromatic heterocycles. The Labute approximate surface area is 125 Å². The molecule has 0 spiro atoms. The lowest BCUT2D eigenvalue weighted by Gasteiger charge is -2.22. The number of amides is 1. The number of benzene rings is 1. The minimum atomic E-state index is -0.135. The number of likely N-dealkylation sites (tertiary alicyclic amines) is 1. The molecule has 1 heterocycles. The van der Waals surface area contributed by atoms with Gasteiger partial charge in [-0.1, -0.05) is 24.3 Å². The number of rotatable bonds is 6. The van der Waals surface area contributed by atoms with Crippen LogP contribution in [0.5, 0.6) is 0 Å². The minimum Gasteiger partial charge on any atom is -0.394 e. The molecule has 1 aromatic rings. The number of hydrogen-bond acceptors (Lipinski definition) is 4. The Kier molecular flexibility index (Phi) is 5.73. The van der Waals surface area contributed by atoms with E-state index in [1.165, 1.54) is 0 Å². The molecule has 5 heteroatoms. The second-order valence-corrected chi connectivity index (χ2v) is 5.41. The highest BCUT2D eigenvalue weighted by molar-refractivity contribution is 5.79. The molecular formula is C16H23NO4. The first-order chi connectivity index (χ1) is 10.2. The van der Waals surface area contributed by atoms with E-state index in [-0.39, 0.29) is 24.7 Å². The van der Waals surface area contributed by atoms with Crippen LogP contribution in [0.2, 0.25) is 0 Å². The summed E-state index contributed by atoms with van der Waals surface area (Å²) < 4.78 is 10.4. The van der Waals surface area contributed by atoms with E-state index in [1.807, 2.05) is 24.3 Å². The number of aliphatic hydroxyl groups is 1. The van der Waals surface area contributed by atoms with Gasteiger partial charge in [0, 0.05) is 20.8 Å². The smallest absolute Gasteiger partial charge is 0.227 e. The zero-order chi connectivity index (χ0) is 15.2. The lowest BCUT2D eigenvalue weighted by atomic mass is 10.1. The van der Waals surface area contributed by atoms with Gasteiger partial charge in [-0.25, -0.2) is 0 Å². The third-order valence-electron chi connectivity index (χ3n) is 3.90. The van der Waals surface area contributed by atoms with E-state index in [0.717, 1.165) is 11.1 Å². The molecule has 0 aliphatic carbocycles. The number of carbonyl (C=O) groups is 1. The number of hydrogen-bond donors (Lipinski definition) is 1. The highest BCUT2D eigenvalue weighted by Gasteiger charge is 2.34. The Morgan fingerprint density at radius 1 is 1.38 bits per heavy atom. The van der Waals surface area contributed by atoms with Crippen molar-refractivity contribution in [2.24, 2.45) is 0 Å². The van der Waals surface area contributed by atoms with Crippen molar-refractivity contribution in [3.05, 3.63) is 35.4 Å². The maximum absolute atomic E-state index is 12.4. The van der Waals surface area contributed by atoms with Gasteiger partial charge in [-0.15, -0.1) is 0 Å². The quantitative estimate of drug-likeness (QED) is 0.849. The van der Waals surface area contributed by atoms with Crippen molar-refractivity contribution in [1.29, 1.82) is 0 Å². The molecule has 116 valence electrons. The normalized spacial score (nSPS) is 21.8. The molecule has 21 heavy (non-hydrogen) atoms. The van der Waals surface area contributed by atoms with Gasteiger partial charge < -0.3 is 19.5 Å². The molecule has 1 aromatic carbocycles. The molecule has 0 radical (unpaired) electrons. The van der Waals surface area contributed by atoms with E-state index >= 15 is 0 Å². The first-order valence-electron chi connectivity index (χ1n) is 7.17. The van der Waals surface area contributed by atoms with Crippen molar-refractivity contribution in [2.45, 2.75) is 31.6 Å². The monoisotopic (exact) mass is 293 g/mol. The topological polar surface area (TPSA) is 59.0 Å². The molecular weight excluding hydrogens is 270 g/mol. The Morgan fingerprint density at radius 3 is 2.81 bits per heavy atom. The van der Waals surface area contributed by atoms with E-state index in [4.69, 9.17) is 9.47 Å². The molecule has 1 aliphatic heterocycles. The first-order valence-corrected chi connectivity index (χ1v) is 7.17. The van der Waals surface area contributed by atoms with Gasteiger partial charge in [-0.3, -0.25) is 4.79 Å². The zero-order valence-electron chi connectivity index (χ0n) is 12.6. The van der Waals surface area contributed by atoms with Gasteiger partial charge in [-0.05, 0) is 17.5 Å². The second kappa shape index (κ2) is 7.54. The predicted molar refractivity (Wildman–Crippen MR) is 78.9 cm³/mol. The second-order valence-electron chi connectivity index (χ2n) is 5.41. The first kappa shape index (κ1) is 15.9. The Hall–Kier alpha value is -1.43. The highest BCUT2D eigenvalue weighted by Crippen LogP contribution is 2.21. The van der Waals surface area contributed by atoms with Crippen LogP contribution in [0.25, 0.3) is 0 Å². The van der Waals surface area contributed by atoms with Crippen LogP contribution >= 0.6 is 0 Å². The van der Waals surface area contributed by atoms with Gasteiger partial charge in [0.05, 0.1) is 31.8 Å². The molecule has 0 unspecified atom stereocenters. The molecule has 2 atom stereocenters. The van der Waals surface area contributed by atoms with Crippen molar-refractivity contribution in [3.63, 3.8) is 0 Å². The molecule has 0 saturated carbocycles. The van der Waals surface area contributed by atoms with Gasteiger partial charge in [0.2, 0.25) is 5.91 Å². The van der Waals surface area contributed by atoms with E-state index in [2.05, 4.69) is 0 Å². The van der Waals surface area contributed by atoms with Crippen LogP contribution in [0.3, 0.4) is 0 Å². The van der Waals surface area contributed by atoms with Gasteiger partial charge in [-0.2, -0.15) is 0 Å². The van der Waals surface area contributed by atoms with Crippen molar-refractivity contribution in [2.75, 3.05) is 27.4 Å². The summed E-state index contributed by atoms with van der Waals surface area (Å²) in [6, 6.07) is 7.70. The summed E-state index contributed by atoms with van der Waals surface area (Å²) in [6.45, 7) is 1.07. The third-order valence-corrected chi connectivity index (χ3v) is 3.90. The molecule has 1 N–H and O–H groups in total. The minimum absolute atomic E-state index is 0.0185. The van der Waals surface area contributed by atoms with Crippen molar-refractivity contribution < 1.29 is 19.4 Å². The summed E-state index contributed by atoms with van der Waals surface area (Å²) in [6.07, 6.45) is 1.05. The fourth-order valence-electron chi connectivity index (χ4n) is 2.80. The van der Waals surface area contributed by atoms with Gasteiger partial charge in [0.15, 0.2) is 0 Å². The Balaban J connectivity index is 2.02. The van der Waals surface area contributed by atoms with E-state index in [9.17, 15) is 9.90 Å². The van der Waals surface area contributed by atoms with Gasteiger partial charge in [0.1, 0.15) is 0 Å². The lowest BCUT2D eigenvalue weighted by Crippen LogP contribution is -2.39. The third kappa shape index (κ3) is 4.03. The van der Waals surface area contributed by atoms with Crippen LogP contribution in [0.4, 0.5) is 0 Å². The average Bonchev–Trinajstić information content (AvgIpc) is 2.91. The van der Waals surface area contributed by atoms with Crippen LogP contribution < -0.4 is 0 Å². The van der Waals surface area contributed by atoms with Crippen LogP contribution in [-0.2, 0) is 27.3 Å². The predicted octanol–water partition coefficient (Wildman–Crippen LogP) is 0.984. The number of nitrogens with zero attached hydrogens (tertiary/aromatic N) is 1. The van der Waals surface area contributed by atoms with E-state index in [0.29, 0.717) is 26.0 Å². The molecule has 1 saturated heterocycles. The highest BCUT2D eigenvalue weighted by atomic mass is 16.5. The molecule has 2 rings (SSSR count). The summed E-state index contributed by atoms with van der Waals surface area (Å²) >= 11 is 0. The van der Waals surface area contributed by atoms with Crippen LogP contribution in [-0.4, -0.2) is 55.4 Å². The lowest BCUT2D eigenvalue weighted by molar-refractivity contribution is -0.132. The SMILES string of the molecule is COCc1cccc(CC(=O)N2C[C@H](OC)C[C@H]2CO)c1. The molecule has 0 bridgehead atoms. The van der Waals surface area contributed by atoms with E-state index < -0.39 is 0 Å². The number of ether oxygens (including phenoxy) is 2. The number of carbonyl (C=O) groups excluding carboxylic acids is 1. The fourth-order valence-corrected chi connectivity index (χ4v) is 2.80. The summed E-state index contributed by atoms with van der Waals surface area (Å²) in [5, 5.41) is 9.41. The van der Waals surface area contributed by atoms with Crippen molar-refractivity contribution in [1.82, 2.24) is 4.90 Å². The number of aliphatic hydroxyl groups excluding tert-OH is 1. The average molecular weight is 293 g/mol. The summed E-state index contributed by atoms with van der Waals surface area (Å²) in [5.41, 5.74) is 2.02. The standard InChI is InChI=1S/C16H23NO4/c1-20-11-13-5-3-4-12(6-13)7-16(19)17-9-15(21-2)8-14(17)10-18/h3-6,14-15,18H,7-11H2,1-2H3/t14-,15+/m0/s1. The van der Waals surface area contributed by atoms with Crippen molar-refractivity contribution >= 4 is 5.91 Å². The Morgan fingerprint density at radius 2 is 2.14 bits per heavy atom. The van der Waals surface area contributed by atoms with Crippen molar-refractivity contribution in [3.8, 4) is 0 Å². The Bertz CT molecular complexity index is 477. The summed E-state index contributed by atoms with van der Waals surface area (Å²) in [5.74, 6) is 0.0307.